The van der Waals surface area contributed by atoms with Gasteiger partial charge in [0.25, 0.3) is 0 Å². The van der Waals surface area contributed by atoms with Gasteiger partial charge in [0, 0.05) is 11.6 Å². The SMILES string of the molecule is COC(=O)Cc1cc(-c2ccc(O)cc2)no1. The van der Waals surface area contributed by atoms with Crippen LogP contribution < -0.4 is 0 Å². The molecule has 0 radical (unpaired) electrons. The Labute approximate surface area is 97.6 Å². The van der Waals surface area contributed by atoms with Crippen molar-refractivity contribution in [3.8, 4) is 17.0 Å². The molecule has 0 aliphatic heterocycles. The summed E-state index contributed by atoms with van der Waals surface area (Å²) >= 11 is 0. The van der Waals surface area contributed by atoms with Gasteiger partial charge in [0.05, 0.1) is 7.11 Å². The van der Waals surface area contributed by atoms with E-state index in [9.17, 15) is 4.79 Å². The molecule has 0 amide bonds. The number of esters is 1. The third-order valence-electron chi connectivity index (χ3n) is 2.27. The van der Waals surface area contributed by atoms with Crippen molar-refractivity contribution in [2.45, 2.75) is 6.42 Å². The molecule has 2 rings (SSSR count). The minimum absolute atomic E-state index is 0.0571. The lowest BCUT2D eigenvalue weighted by Crippen LogP contribution is -2.03. The average molecular weight is 233 g/mol. The van der Waals surface area contributed by atoms with E-state index in [4.69, 9.17) is 9.63 Å². The summed E-state index contributed by atoms with van der Waals surface area (Å²) in [6.07, 6.45) is 0.0571. The van der Waals surface area contributed by atoms with Gasteiger partial charge in [0.1, 0.15) is 23.6 Å². The normalized spacial score (nSPS) is 10.2. The van der Waals surface area contributed by atoms with Crippen LogP contribution >= 0.6 is 0 Å². The summed E-state index contributed by atoms with van der Waals surface area (Å²) in [6, 6.07) is 8.22. The highest BCUT2D eigenvalue weighted by molar-refractivity contribution is 5.72. The molecule has 0 saturated carbocycles. The van der Waals surface area contributed by atoms with Crippen molar-refractivity contribution in [2.24, 2.45) is 0 Å². The van der Waals surface area contributed by atoms with Gasteiger partial charge in [0.2, 0.25) is 0 Å². The quantitative estimate of drug-likeness (QED) is 0.818. The van der Waals surface area contributed by atoms with Crippen molar-refractivity contribution in [1.82, 2.24) is 5.16 Å². The van der Waals surface area contributed by atoms with E-state index in [1.54, 1.807) is 30.3 Å². The fourth-order valence-electron chi connectivity index (χ4n) is 1.38. The van der Waals surface area contributed by atoms with Crippen LogP contribution in [0.2, 0.25) is 0 Å². The number of nitrogens with zero attached hydrogens (tertiary/aromatic N) is 1. The van der Waals surface area contributed by atoms with Crippen molar-refractivity contribution in [3.05, 3.63) is 36.1 Å². The van der Waals surface area contributed by atoms with E-state index in [1.165, 1.54) is 7.11 Å². The zero-order chi connectivity index (χ0) is 12.3. The fraction of sp³-hybridized carbons (Fsp3) is 0.167. The van der Waals surface area contributed by atoms with Crippen LogP contribution in [-0.4, -0.2) is 23.3 Å². The molecule has 0 fully saturated rings. The topological polar surface area (TPSA) is 72.6 Å². The third-order valence-corrected chi connectivity index (χ3v) is 2.27. The molecule has 1 heterocycles. The van der Waals surface area contributed by atoms with Crippen LogP contribution in [0.5, 0.6) is 5.75 Å². The average Bonchev–Trinajstić information content (AvgIpc) is 2.78. The number of phenolic OH excluding ortho intramolecular Hbond substituents is 1. The predicted molar refractivity (Wildman–Crippen MR) is 59.3 cm³/mol. The number of benzene rings is 1. The maximum absolute atomic E-state index is 11.0. The van der Waals surface area contributed by atoms with Crippen molar-refractivity contribution in [2.75, 3.05) is 7.11 Å². The number of phenols is 1. The van der Waals surface area contributed by atoms with Crippen LogP contribution in [0.15, 0.2) is 34.9 Å². The Bertz CT molecular complexity index is 516. The van der Waals surface area contributed by atoms with E-state index >= 15 is 0 Å². The van der Waals surface area contributed by atoms with Gasteiger partial charge in [-0.3, -0.25) is 4.79 Å². The number of aromatic nitrogens is 1. The summed E-state index contributed by atoms with van der Waals surface area (Å²) in [5.41, 5.74) is 1.42. The number of carbonyl (C=O) groups is 1. The molecule has 0 aliphatic carbocycles. The van der Waals surface area contributed by atoms with E-state index in [1.807, 2.05) is 0 Å². The van der Waals surface area contributed by atoms with Gasteiger partial charge < -0.3 is 14.4 Å². The van der Waals surface area contributed by atoms with E-state index in [0.717, 1.165) is 5.56 Å². The molecule has 1 aromatic heterocycles. The zero-order valence-corrected chi connectivity index (χ0v) is 9.21. The number of aromatic hydroxyl groups is 1. The lowest BCUT2D eigenvalue weighted by atomic mass is 10.1. The second kappa shape index (κ2) is 4.69. The monoisotopic (exact) mass is 233 g/mol. The first kappa shape index (κ1) is 11.2. The van der Waals surface area contributed by atoms with Crippen LogP contribution in [0.4, 0.5) is 0 Å². The number of methoxy groups -OCH3 is 1. The summed E-state index contributed by atoms with van der Waals surface area (Å²) < 4.78 is 9.53. The maximum Gasteiger partial charge on any atom is 0.313 e. The molecule has 88 valence electrons. The lowest BCUT2D eigenvalue weighted by molar-refractivity contribution is -0.140. The summed E-state index contributed by atoms with van der Waals surface area (Å²) in [4.78, 5) is 11.0. The Kier molecular flexibility index (Phi) is 3.09. The molecule has 17 heavy (non-hydrogen) atoms. The minimum atomic E-state index is -0.376. The Morgan fingerprint density at radius 1 is 1.41 bits per heavy atom. The predicted octanol–water partition coefficient (Wildman–Crippen LogP) is 1.76. The molecule has 1 N–H and O–H groups in total. The number of carbonyl (C=O) groups excluding carboxylic acids is 1. The minimum Gasteiger partial charge on any atom is -0.508 e. The van der Waals surface area contributed by atoms with E-state index < -0.39 is 0 Å². The highest BCUT2D eigenvalue weighted by Gasteiger charge is 2.10. The van der Waals surface area contributed by atoms with Crippen LogP contribution in [0.25, 0.3) is 11.3 Å². The van der Waals surface area contributed by atoms with Gasteiger partial charge in [-0.15, -0.1) is 0 Å². The molecule has 1 aromatic carbocycles. The van der Waals surface area contributed by atoms with Crippen molar-refractivity contribution < 1.29 is 19.2 Å². The van der Waals surface area contributed by atoms with Crippen molar-refractivity contribution >= 4 is 5.97 Å². The lowest BCUT2D eigenvalue weighted by Gasteiger charge is -1.94. The van der Waals surface area contributed by atoms with Crippen LogP contribution in [0.1, 0.15) is 5.76 Å². The van der Waals surface area contributed by atoms with Gasteiger partial charge in [0.15, 0.2) is 0 Å². The Hall–Kier alpha value is -2.30. The van der Waals surface area contributed by atoms with Gasteiger partial charge in [-0.05, 0) is 24.3 Å². The second-order valence-corrected chi connectivity index (χ2v) is 3.48. The zero-order valence-electron chi connectivity index (χ0n) is 9.21. The smallest absolute Gasteiger partial charge is 0.313 e. The van der Waals surface area contributed by atoms with E-state index in [-0.39, 0.29) is 18.1 Å². The Balaban J connectivity index is 2.18. The first-order valence-electron chi connectivity index (χ1n) is 5.01. The molecule has 5 heteroatoms. The summed E-state index contributed by atoms with van der Waals surface area (Å²) in [7, 11) is 1.32. The first-order valence-corrected chi connectivity index (χ1v) is 5.01. The molecule has 0 spiro atoms. The van der Waals surface area contributed by atoms with Gasteiger partial charge in [-0.2, -0.15) is 0 Å². The molecule has 0 aliphatic rings. The fourth-order valence-corrected chi connectivity index (χ4v) is 1.38. The second-order valence-electron chi connectivity index (χ2n) is 3.48. The van der Waals surface area contributed by atoms with Crippen molar-refractivity contribution in [1.29, 1.82) is 0 Å². The molecular weight excluding hydrogens is 222 g/mol. The van der Waals surface area contributed by atoms with Gasteiger partial charge >= 0.3 is 5.97 Å². The van der Waals surface area contributed by atoms with Crippen LogP contribution in [0, 0.1) is 0 Å². The summed E-state index contributed by atoms with van der Waals surface area (Å²) in [5, 5.41) is 13.0. The Morgan fingerprint density at radius 3 is 2.76 bits per heavy atom. The number of hydrogen-bond acceptors (Lipinski definition) is 5. The Morgan fingerprint density at radius 2 is 2.12 bits per heavy atom. The van der Waals surface area contributed by atoms with E-state index in [2.05, 4.69) is 9.89 Å². The highest BCUT2D eigenvalue weighted by atomic mass is 16.5. The largest absolute Gasteiger partial charge is 0.508 e. The van der Waals surface area contributed by atoms with Crippen molar-refractivity contribution in [3.63, 3.8) is 0 Å². The molecule has 0 saturated heterocycles. The molecule has 5 nitrogen and oxygen atoms in total. The van der Waals surface area contributed by atoms with Gasteiger partial charge in [-0.25, -0.2) is 0 Å². The van der Waals surface area contributed by atoms with Gasteiger partial charge in [-0.1, -0.05) is 5.16 Å². The standard InChI is InChI=1S/C12H11NO4/c1-16-12(15)7-10-6-11(13-17-10)8-2-4-9(14)5-3-8/h2-6,14H,7H2,1H3. The summed E-state index contributed by atoms with van der Waals surface area (Å²) in [6.45, 7) is 0. The number of ether oxygens (including phenoxy) is 1. The van der Waals surface area contributed by atoms with Crippen LogP contribution in [-0.2, 0) is 16.0 Å². The molecule has 2 aromatic rings. The van der Waals surface area contributed by atoms with Crippen LogP contribution in [0.3, 0.4) is 0 Å². The first-order chi connectivity index (χ1) is 8.19. The molecular formula is C12H11NO4. The molecule has 0 atom stereocenters. The molecule has 0 bridgehead atoms. The molecule has 0 unspecified atom stereocenters. The summed E-state index contributed by atoms with van der Waals surface area (Å²) in [5.74, 6) is 0.255. The number of hydrogen-bond donors (Lipinski definition) is 1. The maximum atomic E-state index is 11.0. The third kappa shape index (κ3) is 2.63. The van der Waals surface area contributed by atoms with E-state index in [0.29, 0.717) is 11.5 Å². The number of rotatable bonds is 3. The highest BCUT2D eigenvalue weighted by Crippen LogP contribution is 2.21.